The molecule has 0 amide bonds. The van der Waals surface area contributed by atoms with E-state index in [0.717, 1.165) is 13.1 Å². The van der Waals surface area contributed by atoms with Crippen molar-refractivity contribution < 1.29 is 5.11 Å². The van der Waals surface area contributed by atoms with Gasteiger partial charge in [-0.05, 0) is 27.1 Å². The van der Waals surface area contributed by atoms with Crippen molar-refractivity contribution in [1.82, 2.24) is 10.2 Å². The van der Waals surface area contributed by atoms with E-state index in [1.54, 1.807) is 0 Å². The maximum Gasteiger partial charge on any atom is 0.0791 e. The average Bonchev–Trinajstić information content (AvgIpc) is 2.30. The van der Waals surface area contributed by atoms with Crippen molar-refractivity contribution in [3.63, 3.8) is 0 Å². The molecule has 0 fully saturated rings. The second-order valence-electron chi connectivity index (χ2n) is 5.60. The van der Waals surface area contributed by atoms with Crippen LogP contribution in [0.3, 0.4) is 0 Å². The molecule has 0 aliphatic rings. The first-order chi connectivity index (χ1) is 8.66. The molecule has 0 bridgehead atoms. The van der Waals surface area contributed by atoms with E-state index in [9.17, 15) is 5.11 Å². The minimum absolute atomic E-state index is 0.242. The van der Waals surface area contributed by atoms with E-state index in [0.29, 0.717) is 6.54 Å². The second-order valence-corrected chi connectivity index (χ2v) is 5.60. The van der Waals surface area contributed by atoms with Gasteiger partial charge in [0.15, 0.2) is 0 Å². The summed E-state index contributed by atoms with van der Waals surface area (Å²) in [7, 11) is 3.98. The van der Waals surface area contributed by atoms with Gasteiger partial charge < -0.3 is 15.3 Å². The Morgan fingerprint density at radius 1 is 0.944 bits per heavy atom. The molecule has 0 aliphatic carbocycles. The van der Waals surface area contributed by atoms with E-state index in [1.165, 1.54) is 51.4 Å². The van der Waals surface area contributed by atoms with Gasteiger partial charge in [-0.15, -0.1) is 0 Å². The van der Waals surface area contributed by atoms with E-state index in [1.807, 2.05) is 19.0 Å². The standard InChI is InChI=1S/C15H34N2O/c1-4-5-6-7-8-9-10-11-12-16-13-15(18)14-17(2)3/h15-16,18H,4-14H2,1-3H3. The molecule has 1 atom stereocenters. The van der Waals surface area contributed by atoms with Crippen LogP contribution in [0.15, 0.2) is 0 Å². The zero-order valence-corrected chi connectivity index (χ0v) is 12.7. The van der Waals surface area contributed by atoms with Crippen LogP contribution in [-0.2, 0) is 0 Å². The Labute approximate surface area is 114 Å². The third-order valence-corrected chi connectivity index (χ3v) is 3.16. The molecule has 1 unspecified atom stereocenters. The van der Waals surface area contributed by atoms with Gasteiger partial charge in [0.05, 0.1) is 6.10 Å². The van der Waals surface area contributed by atoms with Crippen LogP contribution in [0.2, 0.25) is 0 Å². The van der Waals surface area contributed by atoms with Crippen molar-refractivity contribution in [2.24, 2.45) is 0 Å². The lowest BCUT2D eigenvalue weighted by atomic mass is 10.1. The molecule has 0 saturated carbocycles. The third-order valence-electron chi connectivity index (χ3n) is 3.16. The number of nitrogens with one attached hydrogen (secondary N) is 1. The van der Waals surface area contributed by atoms with Crippen LogP contribution in [-0.4, -0.2) is 49.8 Å². The van der Waals surface area contributed by atoms with Crippen LogP contribution < -0.4 is 5.32 Å². The zero-order chi connectivity index (χ0) is 13.6. The molecule has 3 nitrogen and oxygen atoms in total. The van der Waals surface area contributed by atoms with Crippen molar-refractivity contribution in [3.05, 3.63) is 0 Å². The Hall–Kier alpha value is -0.120. The predicted molar refractivity (Wildman–Crippen MR) is 80.0 cm³/mol. The van der Waals surface area contributed by atoms with E-state index in [2.05, 4.69) is 12.2 Å². The average molecular weight is 258 g/mol. The van der Waals surface area contributed by atoms with Gasteiger partial charge >= 0.3 is 0 Å². The quantitative estimate of drug-likeness (QED) is 0.499. The summed E-state index contributed by atoms with van der Waals surface area (Å²) in [6.07, 6.45) is 10.6. The summed E-state index contributed by atoms with van der Waals surface area (Å²) in [6.45, 7) is 4.76. The highest BCUT2D eigenvalue weighted by molar-refractivity contribution is 4.62. The van der Waals surface area contributed by atoms with Gasteiger partial charge in [0.2, 0.25) is 0 Å². The van der Waals surface area contributed by atoms with Gasteiger partial charge in [0.25, 0.3) is 0 Å². The molecule has 0 saturated heterocycles. The van der Waals surface area contributed by atoms with Crippen LogP contribution in [0.25, 0.3) is 0 Å². The highest BCUT2D eigenvalue weighted by atomic mass is 16.3. The topological polar surface area (TPSA) is 35.5 Å². The Balaban J connectivity index is 3.07. The Kier molecular flexibility index (Phi) is 13.2. The maximum absolute atomic E-state index is 9.64. The molecule has 0 radical (unpaired) electrons. The third kappa shape index (κ3) is 13.9. The van der Waals surface area contributed by atoms with Gasteiger partial charge in [0, 0.05) is 13.1 Å². The lowest BCUT2D eigenvalue weighted by molar-refractivity contribution is 0.135. The van der Waals surface area contributed by atoms with Crippen LogP contribution in [0.1, 0.15) is 58.3 Å². The number of rotatable bonds is 13. The van der Waals surface area contributed by atoms with E-state index in [-0.39, 0.29) is 6.10 Å². The number of nitrogens with zero attached hydrogens (tertiary/aromatic N) is 1. The summed E-state index contributed by atoms with van der Waals surface area (Å²) in [5.41, 5.74) is 0. The lowest BCUT2D eigenvalue weighted by Gasteiger charge is -2.16. The SMILES string of the molecule is CCCCCCCCCCNCC(O)CN(C)C. The number of unbranched alkanes of at least 4 members (excludes halogenated alkanes) is 7. The molecular formula is C15H34N2O. The zero-order valence-electron chi connectivity index (χ0n) is 12.7. The molecular weight excluding hydrogens is 224 g/mol. The number of aliphatic hydroxyl groups is 1. The fourth-order valence-electron chi connectivity index (χ4n) is 2.14. The van der Waals surface area contributed by atoms with Crippen molar-refractivity contribution in [2.45, 2.75) is 64.4 Å². The largest absolute Gasteiger partial charge is 0.390 e. The van der Waals surface area contributed by atoms with Crippen LogP contribution in [0, 0.1) is 0 Å². The van der Waals surface area contributed by atoms with E-state index < -0.39 is 0 Å². The Morgan fingerprint density at radius 2 is 1.50 bits per heavy atom. The monoisotopic (exact) mass is 258 g/mol. The van der Waals surface area contributed by atoms with E-state index >= 15 is 0 Å². The highest BCUT2D eigenvalue weighted by Gasteiger charge is 2.03. The van der Waals surface area contributed by atoms with Crippen LogP contribution in [0.4, 0.5) is 0 Å². The molecule has 0 aromatic carbocycles. The number of hydrogen-bond donors (Lipinski definition) is 2. The smallest absolute Gasteiger partial charge is 0.0791 e. The molecule has 0 aromatic rings. The minimum atomic E-state index is -0.242. The summed E-state index contributed by atoms with van der Waals surface area (Å²) in [5, 5.41) is 13.0. The van der Waals surface area contributed by atoms with Crippen molar-refractivity contribution in [3.8, 4) is 0 Å². The van der Waals surface area contributed by atoms with Crippen LogP contribution >= 0.6 is 0 Å². The first kappa shape index (κ1) is 17.9. The fraction of sp³-hybridized carbons (Fsp3) is 1.00. The van der Waals surface area contributed by atoms with E-state index in [4.69, 9.17) is 0 Å². The van der Waals surface area contributed by atoms with Gasteiger partial charge in [-0.1, -0.05) is 51.9 Å². The number of aliphatic hydroxyl groups excluding tert-OH is 1. The summed E-state index contributed by atoms with van der Waals surface area (Å²) in [6, 6.07) is 0. The summed E-state index contributed by atoms with van der Waals surface area (Å²) in [4.78, 5) is 2.02. The molecule has 0 spiro atoms. The molecule has 2 N–H and O–H groups in total. The van der Waals surface area contributed by atoms with Gasteiger partial charge in [-0.3, -0.25) is 0 Å². The molecule has 0 heterocycles. The first-order valence-electron chi connectivity index (χ1n) is 7.70. The van der Waals surface area contributed by atoms with Gasteiger partial charge in [0.1, 0.15) is 0 Å². The summed E-state index contributed by atoms with van der Waals surface area (Å²) >= 11 is 0. The number of hydrogen-bond acceptors (Lipinski definition) is 3. The summed E-state index contributed by atoms with van der Waals surface area (Å²) in [5.74, 6) is 0. The van der Waals surface area contributed by atoms with Crippen molar-refractivity contribution >= 4 is 0 Å². The molecule has 0 aromatic heterocycles. The predicted octanol–water partition coefficient (Wildman–Crippen LogP) is 2.64. The van der Waals surface area contributed by atoms with Crippen molar-refractivity contribution in [1.29, 1.82) is 0 Å². The Morgan fingerprint density at radius 3 is 2.06 bits per heavy atom. The Bertz CT molecular complexity index is 163. The molecule has 110 valence electrons. The fourth-order valence-corrected chi connectivity index (χ4v) is 2.14. The highest BCUT2D eigenvalue weighted by Crippen LogP contribution is 2.07. The maximum atomic E-state index is 9.64. The second kappa shape index (κ2) is 13.3. The first-order valence-corrected chi connectivity index (χ1v) is 7.70. The normalized spacial score (nSPS) is 13.2. The summed E-state index contributed by atoms with van der Waals surface area (Å²) < 4.78 is 0. The van der Waals surface area contributed by atoms with Crippen LogP contribution in [0.5, 0.6) is 0 Å². The molecule has 0 rings (SSSR count). The van der Waals surface area contributed by atoms with Gasteiger partial charge in [-0.25, -0.2) is 0 Å². The van der Waals surface area contributed by atoms with Crippen molar-refractivity contribution in [2.75, 3.05) is 33.7 Å². The van der Waals surface area contributed by atoms with Gasteiger partial charge in [-0.2, -0.15) is 0 Å². The minimum Gasteiger partial charge on any atom is -0.390 e. The molecule has 3 heteroatoms. The number of likely N-dealkylation sites (N-methyl/N-ethyl adjacent to an activating group) is 1. The molecule has 18 heavy (non-hydrogen) atoms. The molecule has 0 aliphatic heterocycles. The lowest BCUT2D eigenvalue weighted by Crippen LogP contribution is -2.35.